The van der Waals surface area contributed by atoms with Gasteiger partial charge in [-0.2, -0.15) is 0 Å². The van der Waals surface area contributed by atoms with E-state index in [0.717, 1.165) is 6.42 Å². The lowest BCUT2D eigenvalue weighted by molar-refractivity contribution is -0.141. The van der Waals surface area contributed by atoms with Crippen molar-refractivity contribution < 1.29 is 4.79 Å². The zero-order valence-corrected chi connectivity index (χ0v) is 10.7. The number of ketones is 1. The zero-order chi connectivity index (χ0) is 10.4. The van der Waals surface area contributed by atoms with Gasteiger partial charge in [0.25, 0.3) is 0 Å². The van der Waals surface area contributed by atoms with E-state index in [1.807, 2.05) is 0 Å². The molecule has 1 nitrogen and oxygen atoms in total. The first kappa shape index (κ1) is 10.4. The highest BCUT2D eigenvalue weighted by molar-refractivity contribution is 6.76. The van der Waals surface area contributed by atoms with Gasteiger partial charge in [-0.25, -0.2) is 0 Å². The Hall–Kier alpha value is -0.113. The summed E-state index contributed by atoms with van der Waals surface area (Å²) in [7, 11) is -1.05. The van der Waals surface area contributed by atoms with Crippen molar-refractivity contribution in [3.05, 3.63) is 0 Å². The standard InChI is InChI=1S/C12H22OSi/c1-14(2,3)9-10-11(13)8-12(10)6-4-5-7-12/h10H,4-9H2,1-3H3. The van der Waals surface area contributed by atoms with Gasteiger partial charge >= 0.3 is 0 Å². The van der Waals surface area contributed by atoms with Gasteiger partial charge in [0, 0.05) is 20.4 Å². The molecular weight excluding hydrogens is 188 g/mol. The van der Waals surface area contributed by atoms with Crippen molar-refractivity contribution in [3.8, 4) is 0 Å². The molecule has 2 aliphatic carbocycles. The molecule has 2 aliphatic rings. The van der Waals surface area contributed by atoms with Gasteiger partial charge in [-0.3, -0.25) is 4.79 Å². The number of hydrogen-bond donors (Lipinski definition) is 0. The van der Waals surface area contributed by atoms with Gasteiger partial charge in [0.2, 0.25) is 0 Å². The van der Waals surface area contributed by atoms with Crippen LogP contribution in [0.25, 0.3) is 0 Å². The zero-order valence-electron chi connectivity index (χ0n) is 9.73. The number of carbonyl (C=O) groups excluding carboxylic acids is 1. The minimum Gasteiger partial charge on any atom is -0.299 e. The number of Topliss-reactive ketones (excluding diaryl/α,β-unsaturated/α-hetero) is 1. The highest BCUT2D eigenvalue weighted by atomic mass is 28.3. The summed E-state index contributed by atoms with van der Waals surface area (Å²) in [5.74, 6) is 1.05. The van der Waals surface area contributed by atoms with E-state index in [-0.39, 0.29) is 0 Å². The molecule has 0 saturated heterocycles. The molecule has 2 rings (SSSR count). The van der Waals surface area contributed by atoms with Crippen molar-refractivity contribution in [2.45, 2.75) is 57.8 Å². The summed E-state index contributed by atoms with van der Waals surface area (Å²) in [6.07, 6.45) is 6.34. The van der Waals surface area contributed by atoms with Crippen LogP contribution in [0.3, 0.4) is 0 Å². The molecular formula is C12H22OSi. The second kappa shape index (κ2) is 3.19. The molecule has 80 valence electrons. The third-order valence-corrected chi connectivity index (χ3v) is 5.70. The molecule has 2 saturated carbocycles. The minimum atomic E-state index is -1.05. The van der Waals surface area contributed by atoms with Crippen LogP contribution in [0.5, 0.6) is 0 Å². The Morgan fingerprint density at radius 2 is 1.86 bits per heavy atom. The minimum absolute atomic E-state index is 0.469. The van der Waals surface area contributed by atoms with Crippen molar-refractivity contribution >= 4 is 13.9 Å². The molecule has 0 radical (unpaired) electrons. The Morgan fingerprint density at radius 3 is 2.29 bits per heavy atom. The van der Waals surface area contributed by atoms with E-state index in [1.54, 1.807) is 0 Å². The molecule has 0 amide bonds. The largest absolute Gasteiger partial charge is 0.299 e. The summed E-state index contributed by atoms with van der Waals surface area (Å²) < 4.78 is 0. The van der Waals surface area contributed by atoms with Crippen molar-refractivity contribution in [1.29, 1.82) is 0 Å². The van der Waals surface area contributed by atoms with Gasteiger partial charge in [-0.05, 0) is 24.3 Å². The summed E-state index contributed by atoms with van der Waals surface area (Å²) in [5.41, 5.74) is 0.497. The summed E-state index contributed by atoms with van der Waals surface area (Å²) >= 11 is 0. The summed E-state index contributed by atoms with van der Waals surface area (Å²) in [4.78, 5) is 11.7. The first-order valence-electron chi connectivity index (χ1n) is 5.96. The van der Waals surface area contributed by atoms with Crippen molar-refractivity contribution in [2.75, 3.05) is 0 Å². The molecule has 0 aromatic heterocycles. The number of hydrogen-bond acceptors (Lipinski definition) is 1. The second-order valence-corrected chi connectivity index (χ2v) is 12.1. The number of rotatable bonds is 2. The SMILES string of the molecule is C[Si](C)(C)CC1C(=O)CC12CCCC2. The quantitative estimate of drug-likeness (QED) is 0.638. The van der Waals surface area contributed by atoms with E-state index < -0.39 is 8.07 Å². The first-order valence-corrected chi connectivity index (χ1v) is 9.66. The Bertz CT molecular complexity index is 246. The molecule has 2 heteroatoms. The fourth-order valence-corrected chi connectivity index (χ4v) is 5.24. The molecule has 1 atom stereocenters. The molecule has 0 aliphatic heterocycles. The molecule has 2 fully saturated rings. The Morgan fingerprint density at radius 1 is 1.29 bits per heavy atom. The highest BCUT2D eigenvalue weighted by Gasteiger charge is 2.54. The summed E-state index contributed by atoms with van der Waals surface area (Å²) in [5, 5.41) is 0. The topological polar surface area (TPSA) is 17.1 Å². The molecule has 0 heterocycles. The number of carbonyl (C=O) groups is 1. The molecule has 0 N–H and O–H groups in total. The third-order valence-electron chi connectivity index (χ3n) is 4.07. The monoisotopic (exact) mass is 210 g/mol. The first-order chi connectivity index (χ1) is 6.43. The van der Waals surface area contributed by atoms with Crippen LogP contribution in [0.4, 0.5) is 0 Å². The van der Waals surface area contributed by atoms with Crippen molar-refractivity contribution in [2.24, 2.45) is 11.3 Å². The van der Waals surface area contributed by atoms with Gasteiger partial charge < -0.3 is 0 Å². The summed E-state index contributed by atoms with van der Waals surface area (Å²) in [6, 6.07) is 1.24. The van der Waals surface area contributed by atoms with Crippen LogP contribution in [0.15, 0.2) is 0 Å². The lowest BCUT2D eigenvalue weighted by atomic mass is 9.59. The maximum Gasteiger partial charge on any atom is 0.136 e. The maximum atomic E-state index is 11.7. The maximum absolute atomic E-state index is 11.7. The lowest BCUT2D eigenvalue weighted by Crippen LogP contribution is -2.49. The predicted octanol–water partition coefficient (Wildman–Crippen LogP) is 3.47. The van der Waals surface area contributed by atoms with E-state index in [0.29, 0.717) is 17.1 Å². The highest BCUT2D eigenvalue weighted by Crippen LogP contribution is 2.57. The van der Waals surface area contributed by atoms with E-state index in [9.17, 15) is 4.79 Å². The molecule has 0 aromatic rings. The summed E-state index contributed by atoms with van der Waals surface area (Å²) in [6.45, 7) is 7.17. The van der Waals surface area contributed by atoms with Crippen molar-refractivity contribution in [3.63, 3.8) is 0 Å². The van der Waals surface area contributed by atoms with Gasteiger partial charge in [0.15, 0.2) is 0 Å². The fraction of sp³-hybridized carbons (Fsp3) is 0.917. The van der Waals surface area contributed by atoms with E-state index in [1.165, 1.54) is 31.7 Å². The molecule has 0 bridgehead atoms. The fourth-order valence-electron chi connectivity index (χ4n) is 3.35. The average molecular weight is 210 g/mol. The molecule has 14 heavy (non-hydrogen) atoms. The smallest absolute Gasteiger partial charge is 0.136 e. The predicted molar refractivity (Wildman–Crippen MR) is 62.2 cm³/mol. The van der Waals surface area contributed by atoms with E-state index in [2.05, 4.69) is 19.6 Å². The normalized spacial score (nSPS) is 30.8. The van der Waals surface area contributed by atoms with E-state index >= 15 is 0 Å². The van der Waals surface area contributed by atoms with Gasteiger partial charge in [-0.15, -0.1) is 0 Å². The molecule has 1 spiro atoms. The van der Waals surface area contributed by atoms with Crippen LogP contribution >= 0.6 is 0 Å². The molecule has 1 unspecified atom stereocenters. The molecule has 0 aromatic carbocycles. The van der Waals surface area contributed by atoms with Crippen LogP contribution in [0.2, 0.25) is 25.7 Å². The second-order valence-electron chi connectivity index (χ2n) is 6.53. The van der Waals surface area contributed by atoms with Crippen molar-refractivity contribution in [1.82, 2.24) is 0 Å². The van der Waals surface area contributed by atoms with E-state index in [4.69, 9.17) is 0 Å². The van der Waals surface area contributed by atoms with Gasteiger partial charge in [-0.1, -0.05) is 32.5 Å². The lowest BCUT2D eigenvalue weighted by Gasteiger charge is -2.47. The Labute approximate surface area is 88.3 Å². The third kappa shape index (κ3) is 1.69. The Kier molecular flexibility index (Phi) is 2.37. The average Bonchev–Trinajstić information content (AvgIpc) is 2.50. The van der Waals surface area contributed by atoms with Crippen LogP contribution in [-0.4, -0.2) is 13.9 Å². The van der Waals surface area contributed by atoms with Crippen LogP contribution in [-0.2, 0) is 4.79 Å². The Balaban J connectivity index is 2.05. The van der Waals surface area contributed by atoms with Crippen LogP contribution in [0, 0.1) is 11.3 Å². The van der Waals surface area contributed by atoms with Crippen LogP contribution in [0.1, 0.15) is 32.1 Å². The van der Waals surface area contributed by atoms with Crippen LogP contribution < -0.4 is 0 Å². The van der Waals surface area contributed by atoms with Gasteiger partial charge in [0.05, 0.1) is 0 Å². The van der Waals surface area contributed by atoms with Gasteiger partial charge in [0.1, 0.15) is 5.78 Å².